The van der Waals surface area contributed by atoms with Crippen LogP contribution in [-0.4, -0.2) is 53.2 Å². The maximum Gasteiger partial charge on any atom is 0.230 e. The maximum absolute atomic E-state index is 13.2. The molecule has 2 heterocycles. The van der Waals surface area contributed by atoms with E-state index in [1.54, 1.807) is 12.4 Å². The molecule has 7 heteroatoms. The van der Waals surface area contributed by atoms with Crippen molar-refractivity contribution in [1.29, 1.82) is 0 Å². The molecule has 1 N–H and O–H groups in total. The molecule has 4 rings (SSSR count). The van der Waals surface area contributed by atoms with Gasteiger partial charge in [0.2, 0.25) is 5.91 Å². The highest BCUT2D eigenvalue weighted by atomic mass is 19.1. The van der Waals surface area contributed by atoms with Gasteiger partial charge in [-0.2, -0.15) is 0 Å². The number of carbonyl (C=O) groups is 1. The molecule has 29 heavy (non-hydrogen) atoms. The largest absolute Gasteiger partial charge is 0.492 e. The first kappa shape index (κ1) is 19.8. The molecule has 2 aliphatic rings. The molecule has 1 amide bonds. The van der Waals surface area contributed by atoms with E-state index in [4.69, 9.17) is 4.74 Å². The van der Waals surface area contributed by atoms with Crippen molar-refractivity contribution >= 4 is 11.6 Å². The smallest absolute Gasteiger partial charge is 0.230 e. The van der Waals surface area contributed by atoms with Crippen LogP contribution < -0.4 is 10.1 Å². The lowest BCUT2D eigenvalue weighted by molar-refractivity contribution is -0.117. The number of carbonyl (C=O) groups excluding carboxylic acids is 1. The monoisotopic (exact) mass is 398 g/mol. The number of hydrogen-bond acceptors (Lipinski definition) is 5. The van der Waals surface area contributed by atoms with Gasteiger partial charge in [0.15, 0.2) is 0 Å². The van der Waals surface area contributed by atoms with Crippen molar-refractivity contribution in [3.8, 4) is 16.9 Å². The van der Waals surface area contributed by atoms with Crippen LogP contribution in [0.5, 0.6) is 5.75 Å². The molecule has 0 bridgehead atoms. The summed E-state index contributed by atoms with van der Waals surface area (Å²) in [7, 11) is 0. The number of nitrogens with zero attached hydrogens (tertiary/aromatic N) is 3. The van der Waals surface area contributed by atoms with Crippen molar-refractivity contribution in [3.63, 3.8) is 0 Å². The summed E-state index contributed by atoms with van der Waals surface area (Å²) >= 11 is 0. The Morgan fingerprint density at radius 1 is 1.24 bits per heavy atom. The highest BCUT2D eigenvalue weighted by Gasteiger charge is 2.43. The fraction of sp³-hybridized carbons (Fsp3) is 0.500. The predicted molar refractivity (Wildman–Crippen MR) is 110 cm³/mol. The Balaban J connectivity index is 1.58. The third kappa shape index (κ3) is 4.56. The minimum atomic E-state index is -1.02. The number of anilines is 1. The zero-order valence-corrected chi connectivity index (χ0v) is 16.9. The summed E-state index contributed by atoms with van der Waals surface area (Å²) in [5.74, 6) is -0.0692. The van der Waals surface area contributed by atoms with Gasteiger partial charge in [-0.25, -0.2) is 14.4 Å². The number of benzene rings is 1. The Hall–Kier alpha value is -2.54. The Kier molecular flexibility index (Phi) is 5.76. The van der Waals surface area contributed by atoms with Crippen LogP contribution in [0.15, 0.2) is 24.5 Å². The highest BCUT2D eigenvalue weighted by molar-refractivity contribution is 5.95. The second-order valence-corrected chi connectivity index (χ2v) is 7.88. The lowest BCUT2D eigenvalue weighted by atomic mass is 10.0. The Morgan fingerprint density at radius 3 is 2.59 bits per heavy atom. The van der Waals surface area contributed by atoms with E-state index in [1.165, 1.54) is 12.8 Å². The normalized spacial score (nSPS) is 21.2. The minimum absolute atomic E-state index is 0.274. The molecule has 2 fully saturated rings. The van der Waals surface area contributed by atoms with E-state index in [9.17, 15) is 9.18 Å². The molecule has 1 aromatic heterocycles. The maximum atomic E-state index is 13.2. The molecular formula is C22H27FN4O2. The number of likely N-dealkylation sites (tertiary alicyclic amines) is 1. The zero-order valence-electron chi connectivity index (χ0n) is 16.9. The van der Waals surface area contributed by atoms with Crippen LogP contribution in [0, 0.1) is 19.8 Å². The molecule has 2 atom stereocenters. The number of alkyl halides is 1. The number of hydrogen-bond donors (Lipinski definition) is 1. The summed E-state index contributed by atoms with van der Waals surface area (Å²) in [6, 6.07) is 5.54. The molecule has 1 saturated heterocycles. The molecule has 0 radical (unpaired) electrons. The number of halogens is 1. The van der Waals surface area contributed by atoms with Crippen molar-refractivity contribution in [2.45, 2.75) is 39.3 Å². The van der Waals surface area contributed by atoms with Crippen molar-refractivity contribution in [3.05, 3.63) is 35.9 Å². The van der Waals surface area contributed by atoms with Gasteiger partial charge in [-0.1, -0.05) is 0 Å². The second-order valence-electron chi connectivity index (χ2n) is 7.88. The standard InChI is InChI=1S/C22H27FN4O2/c1-14-21(15(2)25-13-24-14)18-11-16(26-22(28)17-12-19(17)23)5-6-20(18)29-10-9-27-7-3-4-8-27/h5-6,11,13,17,19H,3-4,7-10,12H2,1-2H3,(H,26,28)/t17-,19+/m1/s1. The topological polar surface area (TPSA) is 67.3 Å². The first-order valence-electron chi connectivity index (χ1n) is 10.3. The molecule has 1 aliphatic heterocycles. The van der Waals surface area contributed by atoms with Gasteiger partial charge in [0.1, 0.15) is 24.9 Å². The van der Waals surface area contributed by atoms with Crippen molar-refractivity contribution < 1.29 is 13.9 Å². The molecule has 1 aliphatic carbocycles. The lowest BCUT2D eigenvalue weighted by Gasteiger charge is -2.18. The van der Waals surface area contributed by atoms with Crippen LogP contribution in [0.25, 0.3) is 11.1 Å². The number of amides is 1. The van der Waals surface area contributed by atoms with Crippen LogP contribution in [-0.2, 0) is 4.79 Å². The summed E-state index contributed by atoms with van der Waals surface area (Å²) in [5, 5.41) is 2.83. The summed E-state index contributed by atoms with van der Waals surface area (Å²) in [5.41, 5.74) is 4.05. The summed E-state index contributed by atoms with van der Waals surface area (Å²) in [4.78, 5) is 23.2. The summed E-state index contributed by atoms with van der Waals surface area (Å²) in [6.07, 6.45) is 3.33. The first-order valence-corrected chi connectivity index (χ1v) is 10.3. The number of nitrogens with one attached hydrogen (secondary N) is 1. The quantitative estimate of drug-likeness (QED) is 0.773. The zero-order chi connectivity index (χ0) is 20.4. The van der Waals surface area contributed by atoms with Crippen LogP contribution in [0.4, 0.5) is 10.1 Å². The molecule has 154 valence electrons. The lowest BCUT2D eigenvalue weighted by Crippen LogP contribution is -2.25. The van der Waals surface area contributed by atoms with E-state index in [0.717, 1.165) is 47.9 Å². The van der Waals surface area contributed by atoms with E-state index in [1.807, 2.05) is 26.0 Å². The molecular weight excluding hydrogens is 371 g/mol. The fourth-order valence-corrected chi connectivity index (χ4v) is 3.87. The van der Waals surface area contributed by atoms with E-state index >= 15 is 0 Å². The number of rotatable bonds is 7. The van der Waals surface area contributed by atoms with E-state index in [2.05, 4.69) is 20.2 Å². The third-order valence-corrected chi connectivity index (χ3v) is 5.66. The number of aromatic nitrogens is 2. The van der Waals surface area contributed by atoms with Gasteiger partial charge in [0, 0.05) is 34.7 Å². The fourth-order valence-electron chi connectivity index (χ4n) is 3.87. The molecule has 1 saturated carbocycles. The van der Waals surface area contributed by atoms with E-state index in [0.29, 0.717) is 18.7 Å². The Labute approximate surface area is 170 Å². The van der Waals surface area contributed by atoms with Crippen molar-refractivity contribution in [1.82, 2.24) is 14.9 Å². The van der Waals surface area contributed by atoms with Crippen LogP contribution in [0.2, 0.25) is 0 Å². The van der Waals surface area contributed by atoms with Crippen LogP contribution in [0.1, 0.15) is 30.7 Å². The Bertz CT molecular complexity index is 878. The molecule has 0 spiro atoms. The third-order valence-electron chi connectivity index (χ3n) is 5.66. The van der Waals surface area contributed by atoms with Gasteiger partial charge in [0.05, 0.1) is 5.92 Å². The van der Waals surface area contributed by atoms with E-state index in [-0.39, 0.29) is 5.91 Å². The van der Waals surface area contributed by atoms with Crippen LogP contribution in [0.3, 0.4) is 0 Å². The van der Waals surface area contributed by atoms with Gasteiger partial charge >= 0.3 is 0 Å². The van der Waals surface area contributed by atoms with Gasteiger partial charge < -0.3 is 10.1 Å². The minimum Gasteiger partial charge on any atom is -0.492 e. The predicted octanol–water partition coefficient (Wildman–Crippen LogP) is 3.53. The molecule has 1 aromatic carbocycles. The van der Waals surface area contributed by atoms with Gasteiger partial charge in [-0.3, -0.25) is 9.69 Å². The van der Waals surface area contributed by atoms with Gasteiger partial charge in [-0.15, -0.1) is 0 Å². The average Bonchev–Trinajstić information content (AvgIpc) is 3.20. The average molecular weight is 398 g/mol. The van der Waals surface area contributed by atoms with Gasteiger partial charge in [-0.05, 0) is 64.4 Å². The Morgan fingerprint density at radius 2 is 1.93 bits per heavy atom. The van der Waals surface area contributed by atoms with Gasteiger partial charge in [0.25, 0.3) is 0 Å². The molecule has 0 unspecified atom stereocenters. The number of aryl methyl sites for hydroxylation is 2. The molecule has 6 nitrogen and oxygen atoms in total. The first-order chi connectivity index (χ1) is 14.0. The van der Waals surface area contributed by atoms with Crippen LogP contribution >= 0.6 is 0 Å². The SMILES string of the molecule is Cc1ncnc(C)c1-c1cc(NC(=O)[C@@H]2C[C@@H]2F)ccc1OCCN1CCCC1. The molecule has 2 aromatic rings. The van der Waals surface area contributed by atoms with E-state index < -0.39 is 12.1 Å². The summed E-state index contributed by atoms with van der Waals surface area (Å²) < 4.78 is 19.3. The second kappa shape index (κ2) is 8.45. The summed E-state index contributed by atoms with van der Waals surface area (Å²) in [6.45, 7) is 7.60. The highest BCUT2D eigenvalue weighted by Crippen LogP contribution is 2.38. The van der Waals surface area contributed by atoms with Crippen molar-refractivity contribution in [2.24, 2.45) is 5.92 Å². The number of ether oxygens (including phenoxy) is 1. The van der Waals surface area contributed by atoms with Crippen molar-refractivity contribution in [2.75, 3.05) is 31.6 Å².